The average Bonchev–Trinajstić information content (AvgIpc) is 2.68. The summed E-state index contributed by atoms with van der Waals surface area (Å²) >= 11 is 14.9. The van der Waals surface area contributed by atoms with Crippen molar-refractivity contribution in [1.82, 2.24) is 4.98 Å². The van der Waals surface area contributed by atoms with Crippen LogP contribution in [0.3, 0.4) is 0 Å². The molecule has 100 valence electrons. The van der Waals surface area contributed by atoms with Gasteiger partial charge in [-0.25, -0.2) is 4.98 Å². The van der Waals surface area contributed by atoms with Gasteiger partial charge in [0.2, 0.25) is 0 Å². The van der Waals surface area contributed by atoms with E-state index in [0.29, 0.717) is 10.0 Å². The second-order valence-corrected chi connectivity index (χ2v) is 6.55. The number of hydrogen-bond acceptors (Lipinski definition) is 4. The Labute approximate surface area is 130 Å². The topological polar surface area (TPSA) is 47.0 Å². The second kappa shape index (κ2) is 5.83. The Balaban J connectivity index is 2.52. The van der Waals surface area contributed by atoms with E-state index in [9.17, 15) is 9.59 Å². The van der Waals surface area contributed by atoms with Crippen molar-refractivity contribution in [2.75, 3.05) is 0 Å². The number of carbonyl (C=O) groups excluding carboxylic acids is 2. The number of nitrogens with zero attached hydrogens (tertiary/aromatic N) is 1. The van der Waals surface area contributed by atoms with Gasteiger partial charge in [-0.2, -0.15) is 0 Å². The van der Waals surface area contributed by atoms with Crippen LogP contribution >= 0.6 is 48.2 Å². The fourth-order valence-electron chi connectivity index (χ4n) is 1.78. The lowest BCUT2D eigenvalue weighted by Gasteiger charge is -2.06. The van der Waals surface area contributed by atoms with Crippen LogP contribution in [-0.4, -0.2) is 15.2 Å². The molecular formula is C12H10ClNO2S3. The Hall–Kier alpha value is -0.560. The molecule has 2 aromatic rings. The number of benzene rings is 1. The summed E-state index contributed by atoms with van der Waals surface area (Å²) in [6, 6.07) is 3.61. The Morgan fingerprint density at radius 3 is 2.68 bits per heavy atom. The summed E-state index contributed by atoms with van der Waals surface area (Å²) in [5.41, 5.74) is 1.74. The van der Waals surface area contributed by atoms with Gasteiger partial charge in [0.25, 0.3) is 0 Å². The maximum atomic E-state index is 11.5. The fourth-order valence-corrected chi connectivity index (χ4v) is 3.78. The monoisotopic (exact) mass is 331 g/mol. The maximum absolute atomic E-state index is 11.5. The van der Waals surface area contributed by atoms with Crippen LogP contribution in [0.2, 0.25) is 5.02 Å². The van der Waals surface area contributed by atoms with Crippen molar-refractivity contribution < 1.29 is 9.59 Å². The number of halogens is 1. The largest absolute Gasteiger partial charge is 0.287 e. The van der Waals surface area contributed by atoms with E-state index in [1.165, 1.54) is 11.3 Å². The first-order valence-electron chi connectivity index (χ1n) is 5.39. The lowest BCUT2D eigenvalue weighted by atomic mass is 10.1. The number of rotatable bonds is 4. The number of hydrogen-bond donors (Lipinski definition) is 2. The molecule has 1 aromatic carbocycles. The van der Waals surface area contributed by atoms with Gasteiger partial charge in [-0.3, -0.25) is 9.59 Å². The van der Waals surface area contributed by atoms with Gasteiger partial charge in [0.1, 0.15) is 5.01 Å². The molecule has 3 nitrogen and oxygen atoms in total. The first-order chi connectivity index (χ1) is 8.88. The number of aromatic nitrogens is 1. The standard InChI is InChI=1S/C12H10ClNO2S3/c1-5-2-6(13)3-8-10(5)14-11(19-8)7(12(16)18)4-9(15)17/h2-3,7H,4H2,1H3,(H,15,17)(H,16,18). The van der Waals surface area contributed by atoms with E-state index < -0.39 is 5.92 Å². The highest BCUT2D eigenvalue weighted by atomic mass is 35.5. The zero-order valence-electron chi connectivity index (χ0n) is 9.88. The van der Waals surface area contributed by atoms with E-state index >= 15 is 0 Å². The van der Waals surface area contributed by atoms with Gasteiger partial charge >= 0.3 is 0 Å². The normalized spacial score (nSPS) is 12.6. The van der Waals surface area contributed by atoms with Crippen LogP contribution < -0.4 is 0 Å². The molecule has 1 unspecified atom stereocenters. The summed E-state index contributed by atoms with van der Waals surface area (Å²) in [6.45, 7) is 1.90. The van der Waals surface area contributed by atoms with Crippen molar-refractivity contribution in [3.8, 4) is 0 Å². The molecule has 0 saturated carbocycles. The molecule has 7 heteroatoms. The fraction of sp³-hybridized carbons (Fsp3) is 0.250. The number of carbonyl (C=O) groups is 2. The van der Waals surface area contributed by atoms with E-state index in [0.717, 1.165) is 15.8 Å². The summed E-state index contributed by atoms with van der Waals surface area (Å²) in [5, 5.41) is 0.452. The summed E-state index contributed by atoms with van der Waals surface area (Å²) in [5.74, 6) is -0.649. The molecule has 1 atom stereocenters. The molecule has 0 aliphatic carbocycles. The highest BCUT2D eigenvalue weighted by Crippen LogP contribution is 2.34. The predicted molar refractivity (Wildman–Crippen MR) is 84.7 cm³/mol. The molecule has 0 fully saturated rings. The van der Waals surface area contributed by atoms with Crippen molar-refractivity contribution in [1.29, 1.82) is 0 Å². The van der Waals surface area contributed by atoms with Gasteiger partial charge in [0.05, 0.1) is 16.1 Å². The third-order valence-corrected chi connectivity index (χ3v) is 4.47. The van der Waals surface area contributed by atoms with Crippen molar-refractivity contribution >= 4 is 68.6 Å². The minimum Gasteiger partial charge on any atom is -0.287 e. The molecule has 2 rings (SSSR count). The second-order valence-electron chi connectivity index (χ2n) is 4.11. The van der Waals surface area contributed by atoms with Crippen LogP contribution in [0.1, 0.15) is 22.9 Å². The predicted octanol–water partition coefficient (Wildman–Crippen LogP) is 3.64. The van der Waals surface area contributed by atoms with E-state index in [2.05, 4.69) is 30.2 Å². The first-order valence-corrected chi connectivity index (χ1v) is 7.48. The number of fused-ring (bicyclic) bond motifs is 1. The van der Waals surface area contributed by atoms with Gasteiger partial charge in [-0.1, -0.05) is 11.6 Å². The molecule has 0 bridgehead atoms. The molecule has 0 spiro atoms. The lowest BCUT2D eigenvalue weighted by molar-refractivity contribution is -0.116. The third-order valence-electron chi connectivity index (χ3n) is 2.64. The highest BCUT2D eigenvalue weighted by molar-refractivity contribution is 7.97. The summed E-state index contributed by atoms with van der Waals surface area (Å²) in [6.07, 6.45) is -0.00194. The maximum Gasteiger partial charge on any atom is 0.196 e. The van der Waals surface area contributed by atoms with Crippen molar-refractivity contribution in [3.05, 3.63) is 27.7 Å². The Morgan fingerprint density at radius 2 is 2.11 bits per heavy atom. The van der Waals surface area contributed by atoms with Crippen molar-refractivity contribution in [3.63, 3.8) is 0 Å². The zero-order chi connectivity index (χ0) is 14.2. The summed E-state index contributed by atoms with van der Waals surface area (Å²) in [7, 11) is 0. The van der Waals surface area contributed by atoms with E-state index in [-0.39, 0.29) is 16.7 Å². The van der Waals surface area contributed by atoms with Gasteiger partial charge < -0.3 is 0 Å². The Bertz CT molecular complexity index is 668. The lowest BCUT2D eigenvalue weighted by Crippen LogP contribution is -2.09. The summed E-state index contributed by atoms with van der Waals surface area (Å²) < 4.78 is 0.895. The third kappa shape index (κ3) is 3.31. The molecule has 1 heterocycles. The van der Waals surface area contributed by atoms with E-state index in [1.807, 2.05) is 13.0 Å². The quantitative estimate of drug-likeness (QED) is 0.841. The van der Waals surface area contributed by atoms with Gasteiger partial charge in [0, 0.05) is 11.4 Å². The van der Waals surface area contributed by atoms with Crippen LogP contribution in [0.5, 0.6) is 0 Å². The first kappa shape index (κ1) is 14.8. The Morgan fingerprint density at radius 1 is 1.42 bits per heavy atom. The molecule has 0 N–H and O–H groups in total. The molecule has 0 amide bonds. The Kier molecular flexibility index (Phi) is 4.55. The number of thiazole rings is 1. The van der Waals surface area contributed by atoms with E-state index in [1.54, 1.807) is 6.07 Å². The SMILES string of the molecule is Cc1cc(Cl)cc2sc(C(CC(=O)S)C(=O)S)nc12. The van der Waals surface area contributed by atoms with Gasteiger partial charge in [0.15, 0.2) is 10.2 Å². The zero-order valence-corrected chi connectivity index (χ0v) is 13.2. The van der Waals surface area contributed by atoms with Crippen LogP contribution in [0.4, 0.5) is 0 Å². The van der Waals surface area contributed by atoms with Crippen molar-refractivity contribution in [2.24, 2.45) is 0 Å². The molecule has 0 aliphatic rings. The van der Waals surface area contributed by atoms with Gasteiger partial charge in [-0.15, -0.1) is 36.6 Å². The molecule has 1 aromatic heterocycles. The van der Waals surface area contributed by atoms with Crippen LogP contribution in [0.15, 0.2) is 12.1 Å². The number of thiol groups is 2. The van der Waals surface area contributed by atoms with Crippen molar-refractivity contribution in [2.45, 2.75) is 19.3 Å². The minimum atomic E-state index is -0.649. The van der Waals surface area contributed by atoms with Crippen LogP contribution in [-0.2, 0) is 9.59 Å². The molecule has 0 saturated heterocycles. The minimum absolute atomic E-state index is 0.00194. The highest BCUT2D eigenvalue weighted by Gasteiger charge is 2.24. The molecule has 19 heavy (non-hydrogen) atoms. The average molecular weight is 332 g/mol. The molecule has 0 radical (unpaired) electrons. The molecule has 0 aliphatic heterocycles. The van der Waals surface area contributed by atoms with Gasteiger partial charge in [-0.05, 0) is 24.6 Å². The van der Waals surface area contributed by atoms with Crippen LogP contribution in [0, 0.1) is 6.92 Å². The molecular weight excluding hydrogens is 322 g/mol. The van der Waals surface area contributed by atoms with E-state index in [4.69, 9.17) is 11.6 Å². The smallest absolute Gasteiger partial charge is 0.196 e. The number of aryl methyl sites for hydroxylation is 1. The summed E-state index contributed by atoms with van der Waals surface area (Å²) in [4.78, 5) is 27.1. The van der Waals surface area contributed by atoms with Crippen LogP contribution in [0.25, 0.3) is 10.2 Å².